The summed E-state index contributed by atoms with van der Waals surface area (Å²) in [6.45, 7) is 13.9. The van der Waals surface area contributed by atoms with Crippen molar-refractivity contribution in [3.63, 3.8) is 0 Å². The molecule has 0 aromatic rings. The fraction of sp³-hybridized carbons (Fsp3) is 0.917. The largest absolute Gasteiger partial charge is 0.465 e. The average Bonchev–Trinajstić information content (AvgIpc) is 2.73. The third kappa shape index (κ3) is 9.93. The predicted molar refractivity (Wildman–Crippen MR) is 116 cm³/mol. The molecule has 0 aliphatic heterocycles. The molecule has 0 fully saturated rings. The molecule has 0 spiro atoms. The SMILES string of the molecule is CCCCC(CC)(CC)COC(=O)CCC(=O)OCC(CC)(CC)CCCC. The summed E-state index contributed by atoms with van der Waals surface area (Å²) < 4.78 is 11.1. The summed E-state index contributed by atoms with van der Waals surface area (Å²) in [5.41, 5.74) is 0.153. The van der Waals surface area contributed by atoms with Gasteiger partial charge in [-0.15, -0.1) is 0 Å². The Bertz CT molecular complexity index is 382. The minimum absolute atomic E-state index is 0.0767. The van der Waals surface area contributed by atoms with E-state index in [2.05, 4.69) is 41.5 Å². The van der Waals surface area contributed by atoms with E-state index in [9.17, 15) is 9.59 Å². The smallest absolute Gasteiger partial charge is 0.306 e. The molecule has 0 saturated heterocycles. The van der Waals surface area contributed by atoms with Crippen LogP contribution >= 0.6 is 0 Å². The van der Waals surface area contributed by atoms with Crippen LogP contribution in [0.3, 0.4) is 0 Å². The number of hydrogen-bond donors (Lipinski definition) is 0. The summed E-state index contributed by atoms with van der Waals surface area (Å²) in [6, 6.07) is 0. The van der Waals surface area contributed by atoms with Crippen molar-refractivity contribution in [3.8, 4) is 0 Å². The molecule has 0 rings (SSSR count). The fourth-order valence-corrected chi connectivity index (χ4v) is 3.68. The quantitative estimate of drug-likeness (QED) is 0.251. The van der Waals surface area contributed by atoms with Crippen LogP contribution in [0.2, 0.25) is 0 Å². The summed E-state index contributed by atoms with van der Waals surface area (Å²) in [5, 5.41) is 0. The topological polar surface area (TPSA) is 52.6 Å². The number of carbonyl (C=O) groups is 2. The summed E-state index contributed by atoms with van der Waals surface area (Å²) in [5.74, 6) is -0.578. The van der Waals surface area contributed by atoms with Crippen LogP contribution in [0.15, 0.2) is 0 Å². The minimum atomic E-state index is -0.289. The highest BCUT2D eigenvalue weighted by atomic mass is 16.5. The lowest BCUT2D eigenvalue weighted by Crippen LogP contribution is -2.28. The molecule has 166 valence electrons. The molecular weight excluding hydrogens is 352 g/mol. The molecule has 0 saturated carbocycles. The van der Waals surface area contributed by atoms with Gasteiger partial charge in [0, 0.05) is 10.8 Å². The van der Waals surface area contributed by atoms with Crippen LogP contribution in [0, 0.1) is 10.8 Å². The number of rotatable bonds is 17. The summed E-state index contributed by atoms with van der Waals surface area (Å²) >= 11 is 0. The van der Waals surface area contributed by atoms with Crippen LogP contribution in [-0.2, 0) is 19.1 Å². The van der Waals surface area contributed by atoms with Gasteiger partial charge in [-0.2, -0.15) is 0 Å². The number of carbonyl (C=O) groups excluding carboxylic acids is 2. The first-order valence-electron chi connectivity index (χ1n) is 11.7. The van der Waals surface area contributed by atoms with Crippen molar-refractivity contribution < 1.29 is 19.1 Å². The lowest BCUT2D eigenvalue weighted by molar-refractivity contribution is -0.154. The highest BCUT2D eigenvalue weighted by molar-refractivity contribution is 5.77. The Labute approximate surface area is 174 Å². The lowest BCUT2D eigenvalue weighted by Gasteiger charge is -2.31. The zero-order valence-corrected chi connectivity index (χ0v) is 19.5. The van der Waals surface area contributed by atoms with Gasteiger partial charge in [-0.3, -0.25) is 9.59 Å². The molecule has 0 radical (unpaired) electrons. The molecule has 0 unspecified atom stereocenters. The van der Waals surface area contributed by atoms with Crippen LogP contribution < -0.4 is 0 Å². The molecule has 0 amide bonds. The van der Waals surface area contributed by atoms with Crippen LogP contribution in [0.25, 0.3) is 0 Å². The predicted octanol–water partition coefficient (Wildman–Crippen LogP) is 6.85. The average molecular weight is 399 g/mol. The molecule has 0 aliphatic rings. The molecule has 4 heteroatoms. The van der Waals surface area contributed by atoms with Gasteiger partial charge in [-0.05, 0) is 38.5 Å². The molecule has 0 aliphatic carbocycles. The fourth-order valence-electron chi connectivity index (χ4n) is 3.68. The van der Waals surface area contributed by atoms with Gasteiger partial charge in [0.1, 0.15) is 0 Å². The Morgan fingerprint density at radius 3 is 1.18 bits per heavy atom. The molecule has 0 aromatic carbocycles. The first-order chi connectivity index (χ1) is 13.4. The second kappa shape index (κ2) is 14.9. The van der Waals surface area contributed by atoms with Crippen LogP contribution in [0.4, 0.5) is 0 Å². The maximum atomic E-state index is 12.1. The summed E-state index contributed by atoms with van der Waals surface area (Å²) in [6.07, 6.45) is 11.0. The highest BCUT2D eigenvalue weighted by Gasteiger charge is 2.29. The Morgan fingerprint density at radius 1 is 0.607 bits per heavy atom. The molecule has 0 heterocycles. The van der Waals surface area contributed by atoms with E-state index in [0.29, 0.717) is 13.2 Å². The minimum Gasteiger partial charge on any atom is -0.465 e. The lowest BCUT2D eigenvalue weighted by atomic mass is 9.78. The summed E-state index contributed by atoms with van der Waals surface area (Å²) in [4.78, 5) is 24.2. The zero-order chi connectivity index (χ0) is 21.5. The third-order valence-corrected chi connectivity index (χ3v) is 6.73. The van der Waals surface area contributed by atoms with Crippen molar-refractivity contribution >= 4 is 11.9 Å². The standard InChI is InChI=1S/C24H46O4/c1-7-13-17-23(9-3,10-4)19-27-21(25)15-16-22(26)28-20-24(11-5,12-6)18-14-8-2/h7-20H2,1-6H3. The van der Waals surface area contributed by atoms with Gasteiger partial charge in [-0.25, -0.2) is 0 Å². The van der Waals surface area contributed by atoms with Crippen molar-refractivity contribution in [2.75, 3.05) is 13.2 Å². The van der Waals surface area contributed by atoms with Crippen molar-refractivity contribution in [1.82, 2.24) is 0 Å². The van der Waals surface area contributed by atoms with E-state index in [1.165, 1.54) is 0 Å². The normalized spacial score (nSPS) is 12.1. The number of ether oxygens (including phenoxy) is 2. The number of esters is 2. The van der Waals surface area contributed by atoms with Crippen molar-refractivity contribution in [1.29, 1.82) is 0 Å². The summed E-state index contributed by atoms with van der Waals surface area (Å²) in [7, 11) is 0. The Hall–Kier alpha value is -1.06. The van der Waals surface area contributed by atoms with E-state index in [4.69, 9.17) is 9.47 Å². The van der Waals surface area contributed by atoms with Gasteiger partial charge in [0.2, 0.25) is 0 Å². The van der Waals surface area contributed by atoms with Gasteiger partial charge >= 0.3 is 11.9 Å². The van der Waals surface area contributed by atoms with Gasteiger partial charge < -0.3 is 9.47 Å². The van der Waals surface area contributed by atoms with Crippen LogP contribution in [-0.4, -0.2) is 25.2 Å². The maximum Gasteiger partial charge on any atom is 0.306 e. The molecule has 0 aromatic heterocycles. The van der Waals surface area contributed by atoms with E-state index in [1.807, 2.05) is 0 Å². The first kappa shape index (κ1) is 26.9. The van der Waals surface area contributed by atoms with Crippen molar-refractivity contribution in [2.45, 2.75) is 119 Å². The second-order valence-corrected chi connectivity index (χ2v) is 8.44. The maximum absolute atomic E-state index is 12.1. The molecular formula is C24H46O4. The van der Waals surface area contributed by atoms with Gasteiger partial charge in [0.15, 0.2) is 0 Å². The van der Waals surface area contributed by atoms with Gasteiger partial charge in [-0.1, -0.05) is 67.2 Å². The zero-order valence-electron chi connectivity index (χ0n) is 19.5. The molecule has 0 atom stereocenters. The molecule has 0 bridgehead atoms. The first-order valence-corrected chi connectivity index (χ1v) is 11.7. The second-order valence-electron chi connectivity index (χ2n) is 8.44. The van der Waals surface area contributed by atoms with Crippen molar-refractivity contribution in [3.05, 3.63) is 0 Å². The number of hydrogen-bond acceptors (Lipinski definition) is 4. The van der Waals surface area contributed by atoms with Crippen LogP contribution in [0.5, 0.6) is 0 Å². The van der Waals surface area contributed by atoms with E-state index in [-0.39, 0.29) is 35.6 Å². The van der Waals surface area contributed by atoms with E-state index in [0.717, 1.165) is 64.2 Å². The molecule has 0 N–H and O–H groups in total. The van der Waals surface area contributed by atoms with Crippen molar-refractivity contribution in [2.24, 2.45) is 10.8 Å². The monoisotopic (exact) mass is 398 g/mol. The Kier molecular flexibility index (Phi) is 14.3. The highest BCUT2D eigenvalue weighted by Crippen LogP contribution is 2.34. The third-order valence-electron chi connectivity index (χ3n) is 6.73. The van der Waals surface area contributed by atoms with Gasteiger partial charge in [0.25, 0.3) is 0 Å². The van der Waals surface area contributed by atoms with Crippen LogP contribution in [0.1, 0.15) is 119 Å². The number of unbranched alkanes of at least 4 members (excludes halogenated alkanes) is 2. The van der Waals surface area contributed by atoms with E-state index < -0.39 is 0 Å². The Balaban J connectivity index is 4.37. The van der Waals surface area contributed by atoms with E-state index >= 15 is 0 Å². The molecule has 4 nitrogen and oxygen atoms in total. The Morgan fingerprint density at radius 2 is 0.929 bits per heavy atom. The van der Waals surface area contributed by atoms with Gasteiger partial charge in [0.05, 0.1) is 26.1 Å². The van der Waals surface area contributed by atoms with E-state index in [1.54, 1.807) is 0 Å². The molecule has 28 heavy (non-hydrogen) atoms.